The first-order chi connectivity index (χ1) is 12.0. The molecule has 6 nitrogen and oxygen atoms in total. The largest absolute Gasteiger partial charge is 0.497 e. The molecule has 1 N–H and O–H groups in total. The number of hydrogen-bond donors (Lipinski definition) is 1. The molecule has 0 saturated heterocycles. The van der Waals surface area contributed by atoms with Crippen molar-refractivity contribution < 1.29 is 28.2 Å². The highest BCUT2D eigenvalue weighted by Crippen LogP contribution is 2.28. The summed E-state index contributed by atoms with van der Waals surface area (Å²) in [5.41, 5.74) is 0.628. The highest BCUT2D eigenvalue weighted by Gasteiger charge is 2.13. The normalized spacial score (nSPS) is 10.0. The minimum Gasteiger partial charge on any atom is -0.497 e. The van der Waals surface area contributed by atoms with Gasteiger partial charge in [0.2, 0.25) is 0 Å². The van der Waals surface area contributed by atoms with Crippen molar-refractivity contribution in [3.05, 3.63) is 53.8 Å². The van der Waals surface area contributed by atoms with E-state index in [1.165, 1.54) is 32.4 Å². The van der Waals surface area contributed by atoms with Gasteiger partial charge in [0.15, 0.2) is 6.61 Å². The molecule has 2 aromatic carbocycles. The summed E-state index contributed by atoms with van der Waals surface area (Å²) in [4.78, 5) is 23.6. The molecule has 0 heterocycles. The number of anilines is 1. The van der Waals surface area contributed by atoms with Crippen molar-refractivity contribution in [2.45, 2.75) is 6.42 Å². The van der Waals surface area contributed by atoms with Gasteiger partial charge >= 0.3 is 5.97 Å². The van der Waals surface area contributed by atoms with Crippen molar-refractivity contribution in [1.29, 1.82) is 0 Å². The molecule has 0 unspecified atom stereocenters. The molecule has 7 heteroatoms. The maximum Gasteiger partial charge on any atom is 0.310 e. The molecule has 1 amide bonds. The van der Waals surface area contributed by atoms with Gasteiger partial charge in [-0.05, 0) is 23.8 Å². The lowest BCUT2D eigenvalue weighted by atomic mass is 10.1. The molecule has 0 fully saturated rings. The van der Waals surface area contributed by atoms with E-state index in [0.29, 0.717) is 17.2 Å². The van der Waals surface area contributed by atoms with Gasteiger partial charge in [0.05, 0.1) is 26.3 Å². The quantitative estimate of drug-likeness (QED) is 0.779. The molecule has 0 aromatic heterocycles. The number of methoxy groups -OCH3 is 2. The van der Waals surface area contributed by atoms with Gasteiger partial charge in [0.1, 0.15) is 17.3 Å². The Hall–Kier alpha value is -3.09. The number of esters is 1. The van der Waals surface area contributed by atoms with Crippen LogP contribution in [-0.4, -0.2) is 32.7 Å². The smallest absolute Gasteiger partial charge is 0.310 e. The Morgan fingerprint density at radius 1 is 1.08 bits per heavy atom. The first kappa shape index (κ1) is 18.3. The van der Waals surface area contributed by atoms with Gasteiger partial charge in [-0.15, -0.1) is 0 Å². The number of hydrogen-bond acceptors (Lipinski definition) is 5. The van der Waals surface area contributed by atoms with Crippen molar-refractivity contribution in [3.8, 4) is 11.5 Å². The maximum absolute atomic E-state index is 13.5. The molecule has 0 aliphatic heterocycles. The molecule has 0 atom stereocenters. The van der Waals surface area contributed by atoms with Crippen LogP contribution in [0.25, 0.3) is 0 Å². The molecule has 0 spiro atoms. The Kier molecular flexibility index (Phi) is 6.33. The molecular weight excluding hydrogens is 329 g/mol. The highest BCUT2D eigenvalue weighted by atomic mass is 19.1. The molecule has 0 aliphatic carbocycles. The Balaban J connectivity index is 1.88. The van der Waals surface area contributed by atoms with Crippen LogP contribution in [0.5, 0.6) is 11.5 Å². The SMILES string of the molecule is COc1ccc(NC(=O)COC(=O)Cc2ccccc2F)c(OC)c1. The molecular formula is C18H18FNO5. The average Bonchev–Trinajstić information content (AvgIpc) is 2.62. The molecule has 0 radical (unpaired) electrons. The lowest BCUT2D eigenvalue weighted by molar-refractivity contribution is -0.146. The predicted molar refractivity (Wildman–Crippen MR) is 89.2 cm³/mol. The van der Waals surface area contributed by atoms with Crippen molar-refractivity contribution in [3.63, 3.8) is 0 Å². The van der Waals surface area contributed by atoms with E-state index in [1.54, 1.807) is 24.3 Å². The summed E-state index contributed by atoms with van der Waals surface area (Å²) in [7, 11) is 2.97. The van der Waals surface area contributed by atoms with E-state index in [0.717, 1.165) is 0 Å². The second kappa shape index (κ2) is 8.68. The molecule has 0 aliphatic rings. The molecule has 132 valence electrons. The number of carbonyl (C=O) groups excluding carboxylic acids is 2. The Morgan fingerprint density at radius 2 is 1.84 bits per heavy atom. The monoisotopic (exact) mass is 347 g/mol. The van der Waals surface area contributed by atoms with Crippen LogP contribution in [0.15, 0.2) is 42.5 Å². The van der Waals surface area contributed by atoms with Gasteiger partial charge in [0.25, 0.3) is 5.91 Å². The second-order valence-electron chi connectivity index (χ2n) is 5.04. The summed E-state index contributed by atoms with van der Waals surface area (Å²) in [5.74, 6) is -0.740. The predicted octanol–water partition coefficient (Wildman–Crippen LogP) is 2.57. The van der Waals surface area contributed by atoms with E-state index in [2.05, 4.69) is 5.32 Å². The number of halogens is 1. The van der Waals surface area contributed by atoms with Crippen molar-refractivity contribution in [2.24, 2.45) is 0 Å². The number of carbonyl (C=O) groups is 2. The fourth-order valence-electron chi connectivity index (χ4n) is 2.08. The Morgan fingerprint density at radius 3 is 2.52 bits per heavy atom. The van der Waals surface area contributed by atoms with Crippen LogP contribution in [0.1, 0.15) is 5.56 Å². The molecule has 0 bridgehead atoms. The van der Waals surface area contributed by atoms with Crippen molar-refractivity contribution in [2.75, 3.05) is 26.1 Å². The lowest BCUT2D eigenvalue weighted by Gasteiger charge is -2.12. The fourth-order valence-corrected chi connectivity index (χ4v) is 2.08. The van der Waals surface area contributed by atoms with E-state index >= 15 is 0 Å². The minimum atomic E-state index is -0.693. The van der Waals surface area contributed by atoms with Crippen LogP contribution in [0.3, 0.4) is 0 Å². The summed E-state index contributed by atoms with van der Waals surface area (Å²) >= 11 is 0. The second-order valence-corrected chi connectivity index (χ2v) is 5.04. The fraction of sp³-hybridized carbons (Fsp3) is 0.222. The van der Waals surface area contributed by atoms with Gasteiger partial charge in [-0.1, -0.05) is 18.2 Å². The van der Waals surface area contributed by atoms with E-state index < -0.39 is 24.3 Å². The zero-order valence-electron chi connectivity index (χ0n) is 13.9. The summed E-state index contributed by atoms with van der Waals surface area (Å²) in [6, 6.07) is 10.8. The summed E-state index contributed by atoms with van der Waals surface area (Å²) in [5, 5.41) is 2.57. The molecule has 0 saturated carbocycles. The summed E-state index contributed by atoms with van der Waals surface area (Å²) in [6.45, 7) is -0.484. The number of nitrogens with one attached hydrogen (secondary N) is 1. The summed E-state index contributed by atoms with van der Waals surface area (Å²) in [6.07, 6.45) is -0.244. The number of ether oxygens (including phenoxy) is 3. The van der Waals surface area contributed by atoms with Crippen LogP contribution < -0.4 is 14.8 Å². The van der Waals surface area contributed by atoms with Crippen LogP contribution in [0, 0.1) is 5.82 Å². The van der Waals surface area contributed by atoms with Crippen molar-refractivity contribution in [1.82, 2.24) is 0 Å². The standard InChI is InChI=1S/C18H18FNO5/c1-23-13-7-8-15(16(10-13)24-2)20-17(21)11-25-18(22)9-12-5-3-4-6-14(12)19/h3-8,10H,9,11H2,1-2H3,(H,20,21). The van der Waals surface area contributed by atoms with Gasteiger partial charge in [-0.2, -0.15) is 0 Å². The maximum atomic E-state index is 13.5. The first-order valence-electron chi connectivity index (χ1n) is 7.44. The third kappa shape index (κ3) is 5.20. The van der Waals surface area contributed by atoms with E-state index in [1.807, 2.05) is 0 Å². The van der Waals surface area contributed by atoms with Crippen LogP contribution in [0.4, 0.5) is 10.1 Å². The number of benzene rings is 2. The van der Waals surface area contributed by atoms with Crippen LogP contribution in [0.2, 0.25) is 0 Å². The van der Waals surface area contributed by atoms with Gasteiger partial charge in [-0.25, -0.2) is 4.39 Å². The zero-order chi connectivity index (χ0) is 18.2. The topological polar surface area (TPSA) is 73.9 Å². The lowest BCUT2D eigenvalue weighted by Crippen LogP contribution is -2.22. The number of rotatable bonds is 7. The number of amides is 1. The molecule has 2 aromatic rings. The van der Waals surface area contributed by atoms with Gasteiger partial charge in [0, 0.05) is 6.07 Å². The third-order valence-corrected chi connectivity index (χ3v) is 3.34. The van der Waals surface area contributed by atoms with E-state index in [9.17, 15) is 14.0 Å². The average molecular weight is 347 g/mol. The molecule has 2 rings (SSSR count). The van der Waals surface area contributed by atoms with E-state index in [4.69, 9.17) is 14.2 Å². The molecule has 25 heavy (non-hydrogen) atoms. The van der Waals surface area contributed by atoms with Gasteiger partial charge < -0.3 is 19.5 Å². The Bertz CT molecular complexity index is 763. The van der Waals surface area contributed by atoms with Crippen LogP contribution in [-0.2, 0) is 20.7 Å². The van der Waals surface area contributed by atoms with E-state index in [-0.39, 0.29) is 12.0 Å². The summed E-state index contributed by atoms with van der Waals surface area (Å²) < 4.78 is 28.6. The zero-order valence-corrected chi connectivity index (χ0v) is 13.9. The van der Waals surface area contributed by atoms with Crippen molar-refractivity contribution >= 4 is 17.6 Å². The highest BCUT2D eigenvalue weighted by molar-refractivity contribution is 5.94. The minimum absolute atomic E-state index is 0.213. The third-order valence-electron chi connectivity index (χ3n) is 3.34. The first-order valence-corrected chi connectivity index (χ1v) is 7.44. The van der Waals surface area contributed by atoms with Crippen LogP contribution >= 0.6 is 0 Å². The van der Waals surface area contributed by atoms with Gasteiger partial charge in [-0.3, -0.25) is 9.59 Å². The Labute approximate surface area is 144 Å².